The smallest absolute Gasteiger partial charge is 0.209 e. The van der Waals surface area contributed by atoms with Crippen LogP contribution >= 0.6 is 27.3 Å². The van der Waals surface area contributed by atoms with E-state index in [1.807, 2.05) is 0 Å². The molecule has 1 aromatic rings. The van der Waals surface area contributed by atoms with Crippen molar-refractivity contribution in [2.24, 2.45) is 17.3 Å². The number of hydrogen-bond donors (Lipinski definition) is 1. The molecule has 0 bridgehead atoms. The molecule has 4 nitrogen and oxygen atoms in total. The van der Waals surface area contributed by atoms with Gasteiger partial charge in [0.25, 0.3) is 0 Å². The molecule has 1 unspecified atom stereocenters. The van der Waals surface area contributed by atoms with Gasteiger partial charge in [0.1, 0.15) is 0 Å². The zero-order valence-electron chi connectivity index (χ0n) is 11.0. The number of nitrogens with zero attached hydrogens (tertiary/aromatic N) is 3. The molecule has 3 atom stereocenters. The van der Waals surface area contributed by atoms with Gasteiger partial charge in [0.05, 0.1) is 0 Å². The standard InChI is InChI=1S/C12H19BrN4S/c1-12(2,3)9-8-6-17(5-7(8)4-14-9)11-16-15-10(13)18-11/h7-9,14H,4-6H2,1-3H3/t7-,8-,9?/m1/s1. The maximum atomic E-state index is 4.24. The lowest BCUT2D eigenvalue weighted by Crippen LogP contribution is -2.42. The van der Waals surface area contributed by atoms with Crippen molar-refractivity contribution in [2.45, 2.75) is 26.8 Å². The first-order chi connectivity index (χ1) is 8.45. The number of anilines is 1. The number of hydrogen-bond acceptors (Lipinski definition) is 5. The highest BCUT2D eigenvalue weighted by Gasteiger charge is 2.47. The Balaban J connectivity index is 1.75. The van der Waals surface area contributed by atoms with Crippen LogP contribution in [0.3, 0.4) is 0 Å². The Morgan fingerprint density at radius 2 is 2.11 bits per heavy atom. The molecule has 3 heterocycles. The summed E-state index contributed by atoms with van der Waals surface area (Å²) in [6.07, 6.45) is 0. The predicted octanol–water partition coefficient (Wildman–Crippen LogP) is 2.37. The van der Waals surface area contributed by atoms with Gasteiger partial charge in [-0.05, 0) is 33.2 Å². The van der Waals surface area contributed by atoms with Gasteiger partial charge in [0, 0.05) is 25.7 Å². The van der Waals surface area contributed by atoms with Crippen LogP contribution in [0.15, 0.2) is 3.92 Å². The molecule has 0 spiro atoms. The lowest BCUT2D eigenvalue weighted by Gasteiger charge is -2.32. The Bertz CT molecular complexity index is 442. The van der Waals surface area contributed by atoms with Crippen LogP contribution in [0.5, 0.6) is 0 Å². The summed E-state index contributed by atoms with van der Waals surface area (Å²) in [5.41, 5.74) is 0.330. The van der Waals surface area contributed by atoms with Gasteiger partial charge in [-0.25, -0.2) is 0 Å². The molecular formula is C12H19BrN4S. The summed E-state index contributed by atoms with van der Waals surface area (Å²) in [5.74, 6) is 1.50. The Hall–Kier alpha value is -0.200. The molecule has 0 amide bonds. The molecule has 2 saturated heterocycles. The highest BCUT2D eigenvalue weighted by Crippen LogP contribution is 2.40. The van der Waals surface area contributed by atoms with Crippen molar-refractivity contribution in [1.82, 2.24) is 15.5 Å². The molecule has 3 rings (SSSR count). The fourth-order valence-electron chi connectivity index (χ4n) is 3.35. The molecule has 6 heteroatoms. The number of nitrogens with one attached hydrogen (secondary N) is 1. The second-order valence-corrected chi connectivity index (χ2v) is 8.65. The normalized spacial score (nSPS) is 32.0. The molecule has 1 aromatic heterocycles. The average molecular weight is 331 g/mol. The zero-order chi connectivity index (χ0) is 12.9. The minimum Gasteiger partial charge on any atom is -0.346 e. The summed E-state index contributed by atoms with van der Waals surface area (Å²) in [6.45, 7) is 10.4. The predicted molar refractivity (Wildman–Crippen MR) is 78.0 cm³/mol. The highest BCUT2D eigenvalue weighted by atomic mass is 79.9. The number of rotatable bonds is 1. The monoisotopic (exact) mass is 330 g/mol. The second-order valence-electron chi connectivity index (χ2n) is 6.42. The third kappa shape index (κ3) is 2.18. The molecule has 2 fully saturated rings. The Morgan fingerprint density at radius 3 is 2.72 bits per heavy atom. The second kappa shape index (κ2) is 4.42. The maximum Gasteiger partial charge on any atom is 0.209 e. The van der Waals surface area contributed by atoms with E-state index < -0.39 is 0 Å². The molecular weight excluding hydrogens is 312 g/mol. The van der Waals surface area contributed by atoms with Gasteiger partial charge in [-0.1, -0.05) is 32.1 Å². The van der Waals surface area contributed by atoms with Crippen LogP contribution in [0.1, 0.15) is 20.8 Å². The summed E-state index contributed by atoms with van der Waals surface area (Å²) >= 11 is 5.02. The van der Waals surface area contributed by atoms with Crippen LogP contribution < -0.4 is 10.2 Å². The van der Waals surface area contributed by atoms with E-state index in [-0.39, 0.29) is 0 Å². The largest absolute Gasteiger partial charge is 0.346 e. The maximum absolute atomic E-state index is 4.24. The van der Waals surface area contributed by atoms with Gasteiger partial charge in [-0.15, -0.1) is 10.2 Å². The van der Waals surface area contributed by atoms with Crippen LogP contribution in [0.4, 0.5) is 5.13 Å². The summed E-state index contributed by atoms with van der Waals surface area (Å²) < 4.78 is 0.875. The highest BCUT2D eigenvalue weighted by molar-refractivity contribution is 9.11. The minimum absolute atomic E-state index is 0.330. The SMILES string of the molecule is CC(C)(C)C1NC[C@@H]2CN(c3nnc(Br)s3)C[C@@H]12. The van der Waals surface area contributed by atoms with E-state index >= 15 is 0 Å². The molecule has 1 N–H and O–H groups in total. The Labute approximate surface area is 120 Å². The van der Waals surface area contributed by atoms with E-state index in [1.54, 1.807) is 11.3 Å². The molecule has 18 heavy (non-hydrogen) atoms. The summed E-state index contributed by atoms with van der Waals surface area (Å²) in [5, 5.41) is 13.1. The van der Waals surface area contributed by atoms with Gasteiger partial charge in [-0.3, -0.25) is 0 Å². The third-order valence-corrected chi connectivity index (χ3v) is 5.53. The zero-order valence-corrected chi connectivity index (χ0v) is 13.4. The fraction of sp³-hybridized carbons (Fsp3) is 0.833. The number of halogens is 1. The first-order valence-electron chi connectivity index (χ1n) is 6.42. The first-order valence-corrected chi connectivity index (χ1v) is 8.03. The van der Waals surface area contributed by atoms with E-state index in [0.717, 1.165) is 40.5 Å². The number of aromatic nitrogens is 2. The van der Waals surface area contributed by atoms with Crippen molar-refractivity contribution in [1.29, 1.82) is 0 Å². The first kappa shape index (κ1) is 12.8. The van der Waals surface area contributed by atoms with Crippen molar-refractivity contribution >= 4 is 32.4 Å². The summed E-state index contributed by atoms with van der Waals surface area (Å²) in [6, 6.07) is 0.615. The minimum atomic E-state index is 0.330. The van der Waals surface area contributed by atoms with E-state index in [4.69, 9.17) is 0 Å². The van der Waals surface area contributed by atoms with Crippen LogP contribution in [-0.2, 0) is 0 Å². The van der Waals surface area contributed by atoms with Crippen molar-refractivity contribution in [3.05, 3.63) is 3.92 Å². The summed E-state index contributed by atoms with van der Waals surface area (Å²) in [4.78, 5) is 2.40. The molecule has 2 aliphatic heterocycles. The van der Waals surface area contributed by atoms with Gasteiger partial charge in [-0.2, -0.15) is 0 Å². The van der Waals surface area contributed by atoms with Crippen LogP contribution in [0, 0.1) is 17.3 Å². The van der Waals surface area contributed by atoms with Gasteiger partial charge in [0.2, 0.25) is 5.13 Å². The van der Waals surface area contributed by atoms with Gasteiger partial charge < -0.3 is 10.2 Å². The van der Waals surface area contributed by atoms with Crippen molar-refractivity contribution in [3.63, 3.8) is 0 Å². The number of fused-ring (bicyclic) bond motifs is 1. The molecule has 0 aromatic carbocycles. The summed E-state index contributed by atoms with van der Waals surface area (Å²) in [7, 11) is 0. The Morgan fingerprint density at radius 1 is 1.33 bits per heavy atom. The van der Waals surface area contributed by atoms with Crippen molar-refractivity contribution < 1.29 is 0 Å². The molecule has 0 radical (unpaired) electrons. The fourth-order valence-corrected chi connectivity index (χ4v) is 4.46. The van der Waals surface area contributed by atoms with Crippen LogP contribution in [0.2, 0.25) is 0 Å². The average Bonchev–Trinajstić information content (AvgIpc) is 2.87. The Kier molecular flexibility index (Phi) is 3.15. The van der Waals surface area contributed by atoms with E-state index in [1.165, 1.54) is 0 Å². The van der Waals surface area contributed by atoms with Gasteiger partial charge in [0.15, 0.2) is 3.92 Å². The molecule has 0 aliphatic carbocycles. The van der Waals surface area contributed by atoms with E-state index in [2.05, 4.69) is 57.1 Å². The molecule has 2 aliphatic rings. The van der Waals surface area contributed by atoms with E-state index in [0.29, 0.717) is 11.5 Å². The van der Waals surface area contributed by atoms with Crippen molar-refractivity contribution in [2.75, 3.05) is 24.5 Å². The molecule has 100 valence electrons. The van der Waals surface area contributed by atoms with Crippen LogP contribution in [-0.4, -0.2) is 35.9 Å². The quantitative estimate of drug-likeness (QED) is 0.858. The van der Waals surface area contributed by atoms with Gasteiger partial charge >= 0.3 is 0 Å². The topological polar surface area (TPSA) is 41.0 Å². The van der Waals surface area contributed by atoms with E-state index in [9.17, 15) is 0 Å². The lowest BCUT2D eigenvalue weighted by molar-refractivity contribution is 0.240. The third-order valence-electron chi connectivity index (χ3n) is 4.11. The van der Waals surface area contributed by atoms with Crippen molar-refractivity contribution in [3.8, 4) is 0 Å². The lowest BCUT2D eigenvalue weighted by atomic mass is 9.78. The van der Waals surface area contributed by atoms with Crippen LogP contribution in [0.25, 0.3) is 0 Å². The molecule has 0 saturated carbocycles.